The van der Waals surface area contributed by atoms with Crippen molar-refractivity contribution in [3.8, 4) is 22.3 Å². The van der Waals surface area contributed by atoms with Crippen molar-refractivity contribution in [1.82, 2.24) is 0 Å². The summed E-state index contributed by atoms with van der Waals surface area (Å²) in [5.41, 5.74) is 16.6. The molecule has 0 N–H and O–H groups in total. The van der Waals surface area contributed by atoms with Crippen molar-refractivity contribution in [3.05, 3.63) is 162 Å². The molecule has 0 radical (unpaired) electrons. The molecule has 0 amide bonds. The molecule has 0 saturated carbocycles. The molecule has 0 fully saturated rings. The molecule has 0 bridgehead atoms. The fourth-order valence-corrected chi connectivity index (χ4v) is 9.07. The maximum atomic E-state index is 7.13. The molecular formula is C53H47NO2. The highest BCUT2D eigenvalue weighted by molar-refractivity contribution is 6.12. The monoisotopic (exact) mass is 729 g/mol. The number of anilines is 3. The Balaban J connectivity index is 1.19. The number of furan rings is 2. The van der Waals surface area contributed by atoms with Gasteiger partial charge in [0.2, 0.25) is 0 Å². The Labute approximate surface area is 329 Å². The molecule has 0 spiro atoms. The maximum Gasteiger partial charge on any atom is 0.159 e. The number of para-hydroxylation sites is 3. The topological polar surface area (TPSA) is 29.5 Å². The van der Waals surface area contributed by atoms with Crippen molar-refractivity contribution in [2.45, 2.75) is 71.6 Å². The van der Waals surface area contributed by atoms with E-state index in [1.54, 1.807) is 0 Å². The number of nitrogens with zero attached hydrogens (tertiary/aromatic N) is 1. The minimum absolute atomic E-state index is 0.00925. The fourth-order valence-electron chi connectivity index (χ4n) is 9.07. The van der Waals surface area contributed by atoms with E-state index in [1.165, 1.54) is 38.8 Å². The first kappa shape index (κ1) is 34.4. The molecular weight excluding hydrogens is 683 g/mol. The average molecular weight is 730 g/mol. The second-order valence-electron chi connectivity index (χ2n) is 18.2. The molecule has 0 unspecified atom stereocenters. The van der Waals surface area contributed by atoms with Crippen LogP contribution in [0.15, 0.2) is 148 Å². The van der Waals surface area contributed by atoms with Gasteiger partial charge in [-0.15, -0.1) is 0 Å². The molecule has 9 aromatic rings. The van der Waals surface area contributed by atoms with E-state index in [2.05, 4.69) is 188 Å². The second kappa shape index (κ2) is 12.0. The average Bonchev–Trinajstić information content (AvgIpc) is 3.82. The molecule has 2 heterocycles. The van der Waals surface area contributed by atoms with E-state index in [4.69, 9.17) is 8.83 Å². The minimum atomic E-state index is -0.140. The van der Waals surface area contributed by atoms with Gasteiger partial charge in [-0.05, 0) is 86.7 Å². The van der Waals surface area contributed by atoms with E-state index in [0.717, 1.165) is 66.7 Å². The Morgan fingerprint density at radius 1 is 0.464 bits per heavy atom. The summed E-state index contributed by atoms with van der Waals surface area (Å²) >= 11 is 0. The van der Waals surface area contributed by atoms with E-state index < -0.39 is 0 Å². The zero-order valence-corrected chi connectivity index (χ0v) is 33.5. The van der Waals surface area contributed by atoms with Gasteiger partial charge in [-0.25, -0.2) is 0 Å². The summed E-state index contributed by atoms with van der Waals surface area (Å²) in [5, 5.41) is 4.56. The SMILES string of the molecule is CC(C)(C)c1cc(C(C)(C)C)c2oc3c(N(c4ccc(-c5cccc6c5oc5ccccc56)cc4)c4ccc5c(c4)C(C)(C)c4ccccc4-5)cccc3c2c1. The van der Waals surface area contributed by atoms with Crippen LogP contribution >= 0.6 is 0 Å². The first-order valence-electron chi connectivity index (χ1n) is 19.8. The van der Waals surface area contributed by atoms with Gasteiger partial charge in [0.15, 0.2) is 5.58 Å². The summed E-state index contributed by atoms with van der Waals surface area (Å²) in [6.45, 7) is 18.4. The Hall–Kier alpha value is -6.06. The summed E-state index contributed by atoms with van der Waals surface area (Å²) in [5.74, 6) is 0. The third kappa shape index (κ3) is 5.17. The molecule has 0 atom stereocenters. The first-order valence-corrected chi connectivity index (χ1v) is 19.8. The van der Waals surface area contributed by atoms with Crippen LogP contribution in [0.5, 0.6) is 0 Å². The van der Waals surface area contributed by atoms with Gasteiger partial charge in [0.25, 0.3) is 0 Å². The van der Waals surface area contributed by atoms with Crippen LogP contribution in [-0.2, 0) is 16.2 Å². The van der Waals surface area contributed by atoms with Crippen LogP contribution in [0.25, 0.3) is 66.1 Å². The Kier molecular flexibility index (Phi) is 7.36. The van der Waals surface area contributed by atoms with E-state index in [0.29, 0.717) is 0 Å². The van der Waals surface area contributed by atoms with Gasteiger partial charge in [0.1, 0.15) is 16.7 Å². The highest BCUT2D eigenvalue weighted by Gasteiger charge is 2.36. The molecule has 0 saturated heterocycles. The Morgan fingerprint density at radius 3 is 1.88 bits per heavy atom. The van der Waals surface area contributed by atoms with E-state index in [1.807, 2.05) is 12.1 Å². The predicted octanol–water partition coefficient (Wildman–Crippen LogP) is 15.5. The molecule has 2 aromatic heterocycles. The molecule has 3 nitrogen and oxygen atoms in total. The predicted molar refractivity (Wildman–Crippen MR) is 236 cm³/mol. The van der Waals surface area contributed by atoms with Gasteiger partial charge in [-0.2, -0.15) is 0 Å². The number of hydrogen-bond acceptors (Lipinski definition) is 3. The molecule has 56 heavy (non-hydrogen) atoms. The highest BCUT2D eigenvalue weighted by atomic mass is 16.3. The van der Waals surface area contributed by atoms with Gasteiger partial charge in [0, 0.05) is 49.5 Å². The van der Waals surface area contributed by atoms with Gasteiger partial charge >= 0.3 is 0 Å². The number of rotatable bonds is 4. The van der Waals surface area contributed by atoms with E-state index in [9.17, 15) is 0 Å². The lowest BCUT2D eigenvalue weighted by Gasteiger charge is -2.28. The van der Waals surface area contributed by atoms with E-state index in [-0.39, 0.29) is 16.2 Å². The van der Waals surface area contributed by atoms with Crippen molar-refractivity contribution in [2.24, 2.45) is 0 Å². The van der Waals surface area contributed by atoms with Crippen LogP contribution in [0.3, 0.4) is 0 Å². The highest BCUT2D eigenvalue weighted by Crippen LogP contribution is 2.52. The van der Waals surface area contributed by atoms with Gasteiger partial charge in [-0.3, -0.25) is 0 Å². The van der Waals surface area contributed by atoms with Crippen LogP contribution < -0.4 is 4.90 Å². The maximum absolute atomic E-state index is 7.13. The van der Waals surface area contributed by atoms with Crippen molar-refractivity contribution >= 4 is 60.9 Å². The molecule has 7 aromatic carbocycles. The standard InChI is InChI=1S/C53H47NO2/c1-51(2,3)33-29-42-41-19-14-21-46(50(41)56-49(42)45(30-33)52(4,5)6)54(35-27-28-38-37-15-9-11-20-43(37)53(7,8)44(38)31-35)34-25-23-32(24-26-34)36-17-13-18-40-39-16-10-12-22-47(39)55-48(36)40/h9-31H,1-8H3. The van der Waals surface area contributed by atoms with Gasteiger partial charge in [0.05, 0.1) is 5.69 Å². The van der Waals surface area contributed by atoms with Crippen molar-refractivity contribution in [2.75, 3.05) is 4.90 Å². The molecule has 3 heteroatoms. The minimum Gasteiger partial charge on any atom is -0.455 e. The zero-order valence-electron chi connectivity index (χ0n) is 33.5. The van der Waals surface area contributed by atoms with Crippen LogP contribution in [-0.4, -0.2) is 0 Å². The largest absolute Gasteiger partial charge is 0.455 e. The van der Waals surface area contributed by atoms with Crippen LogP contribution in [0.2, 0.25) is 0 Å². The summed E-state index contributed by atoms with van der Waals surface area (Å²) in [6, 6.07) is 50.8. The van der Waals surface area contributed by atoms with Crippen LogP contribution in [0.1, 0.15) is 77.6 Å². The summed E-state index contributed by atoms with van der Waals surface area (Å²) in [7, 11) is 0. The number of benzene rings is 7. The summed E-state index contributed by atoms with van der Waals surface area (Å²) < 4.78 is 13.6. The van der Waals surface area contributed by atoms with Crippen LogP contribution in [0, 0.1) is 0 Å². The van der Waals surface area contributed by atoms with Crippen molar-refractivity contribution < 1.29 is 8.83 Å². The molecule has 1 aliphatic carbocycles. The molecule has 1 aliphatic rings. The third-order valence-corrected chi connectivity index (χ3v) is 12.2. The first-order chi connectivity index (χ1) is 26.8. The molecule has 276 valence electrons. The summed E-state index contributed by atoms with van der Waals surface area (Å²) in [4.78, 5) is 2.39. The van der Waals surface area contributed by atoms with Crippen molar-refractivity contribution in [1.29, 1.82) is 0 Å². The quantitative estimate of drug-likeness (QED) is 0.181. The lowest BCUT2D eigenvalue weighted by molar-refractivity contribution is 0.559. The number of hydrogen-bond donors (Lipinski definition) is 0. The third-order valence-electron chi connectivity index (χ3n) is 12.2. The Morgan fingerprint density at radius 2 is 1.11 bits per heavy atom. The second-order valence-corrected chi connectivity index (χ2v) is 18.2. The van der Waals surface area contributed by atoms with Gasteiger partial charge < -0.3 is 13.7 Å². The summed E-state index contributed by atoms with van der Waals surface area (Å²) in [6.07, 6.45) is 0. The lowest BCUT2D eigenvalue weighted by atomic mass is 9.79. The fraction of sp³-hybridized carbons (Fsp3) is 0.208. The van der Waals surface area contributed by atoms with Crippen molar-refractivity contribution in [3.63, 3.8) is 0 Å². The normalized spacial score (nSPS) is 13.9. The molecule has 10 rings (SSSR count). The lowest BCUT2D eigenvalue weighted by Crippen LogP contribution is -2.16. The van der Waals surface area contributed by atoms with Gasteiger partial charge in [-0.1, -0.05) is 152 Å². The van der Waals surface area contributed by atoms with E-state index >= 15 is 0 Å². The number of fused-ring (bicyclic) bond motifs is 9. The zero-order chi connectivity index (χ0) is 38.7. The van der Waals surface area contributed by atoms with Crippen LogP contribution in [0.4, 0.5) is 17.1 Å². The smallest absolute Gasteiger partial charge is 0.159 e. The Bertz CT molecular complexity index is 3010. The molecule has 0 aliphatic heterocycles.